The predicted molar refractivity (Wildman–Crippen MR) is 245 cm³/mol. The maximum Gasteiger partial charge on any atom is 0.151 e. The summed E-state index contributed by atoms with van der Waals surface area (Å²) in [5.41, 5.74) is 18.2. The van der Waals surface area contributed by atoms with Crippen LogP contribution in [-0.2, 0) is 5.41 Å². The Balaban J connectivity index is 0.000000442. The van der Waals surface area contributed by atoms with Gasteiger partial charge >= 0.3 is 0 Å². The fourth-order valence-corrected chi connectivity index (χ4v) is 6.98. The van der Waals surface area contributed by atoms with Gasteiger partial charge in [0.2, 0.25) is 0 Å². The summed E-state index contributed by atoms with van der Waals surface area (Å²) in [5.74, 6) is 1.66. The molecule has 2 aliphatic heterocycles. The van der Waals surface area contributed by atoms with E-state index in [-0.39, 0.29) is 5.41 Å². The number of hydrogen-bond acceptors (Lipinski definition) is 5. The molecule has 0 unspecified atom stereocenters. The zero-order valence-corrected chi connectivity index (χ0v) is 33.0. The Bertz CT molecular complexity index is 2310. The van der Waals surface area contributed by atoms with Gasteiger partial charge in [0.1, 0.15) is 0 Å². The minimum Gasteiger partial charge on any atom is -0.453 e. The third-order valence-electron chi connectivity index (χ3n) is 9.76. The van der Waals surface area contributed by atoms with E-state index in [0.717, 1.165) is 45.5 Å². The normalized spacial score (nSPS) is 13.3. The number of ether oxygens (including phenoxy) is 1. The van der Waals surface area contributed by atoms with Crippen LogP contribution in [0.5, 0.6) is 11.5 Å². The summed E-state index contributed by atoms with van der Waals surface area (Å²) >= 11 is 0. The average molecular weight is 747 g/mol. The molecule has 0 spiro atoms. The predicted octanol–water partition coefficient (Wildman–Crippen LogP) is 14.4. The molecule has 0 fully saturated rings. The van der Waals surface area contributed by atoms with Crippen LogP contribution >= 0.6 is 0 Å². The van der Waals surface area contributed by atoms with Crippen molar-refractivity contribution in [2.75, 3.05) is 15.1 Å². The van der Waals surface area contributed by atoms with Crippen molar-refractivity contribution in [2.45, 2.75) is 26.2 Å². The Labute approximate surface area is 338 Å². The van der Waals surface area contributed by atoms with Crippen LogP contribution in [0.15, 0.2) is 214 Å². The van der Waals surface area contributed by atoms with Crippen LogP contribution in [0.4, 0.5) is 39.8 Å². The number of nitrogens with two attached hydrogens (primary N) is 1. The van der Waals surface area contributed by atoms with Gasteiger partial charge in [-0.25, -0.2) is 0 Å². The topological polar surface area (TPSA) is 53.8 Å². The van der Waals surface area contributed by atoms with Crippen molar-refractivity contribution >= 4 is 45.5 Å². The van der Waals surface area contributed by atoms with E-state index in [4.69, 9.17) is 10.5 Å². The molecule has 57 heavy (non-hydrogen) atoms. The van der Waals surface area contributed by atoms with Crippen LogP contribution in [0, 0.1) is 0 Å². The maximum absolute atomic E-state index is 6.56. The van der Waals surface area contributed by atoms with Crippen molar-refractivity contribution < 1.29 is 4.74 Å². The Morgan fingerprint density at radius 3 is 1.44 bits per heavy atom. The lowest BCUT2D eigenvalue weighted by molar-refractivity contribution is 0.477. The van der Waals surface area contributed by atoms with Gasteiger partial charge in [-0.3, -0.25) is 0 Å². The minimum absolute atomic E-state index is 0.0805. The summed E-state index contributed by atoms with van der Waals surface area (Å²) in [4.78, 5) is 4.58. The first-order chi connectivity index (χ1) is 27.8. The monoisotopic (exact) mass is 746 g/mol. The van der Waals surface area contributed by atoms with Crippen LogP contribution in [0.3, 0.4) is 0 Å². The molecule has 0 saturated heterocycles. The Kier molecular flexibility index (Phi) is 12.7. The molecule has 0 aromatic heterocycles. The number of para-hydroxylation sites is 6. The highest BCUT2D eigenvalue weighted by molar-refractivity contribution is 5.88. The van der Waals surface area contributed by atoms with Crippen molar-refractivity contribution in [1.82, 2.24) is 0 Å². The van der Waals surface area contributed by atoms with Gasteiger partial charge in [0.05, 0.1) is 28.4 Å². The Morgan fingerprint density at radius 1 is 0.561 bits per heavy atom. The van der Waals surface area contributed by atoms with Crippen LogP contribution in [0.2, 0.25) is 0 Å². The highest BCUT2D eigenvalue weighted by Gasteiger charge is 2.36. The SMILES string of the molecule is C=C/C=C\C.C=C/C=C\C=C.CC1(C)c2ccccc2N(c2ccc(N/C=C(\N)c3ccc(N4c5ccccc5Oc5ccccc54)cc3)cc2)c2ccccc21. The van der Waals surface area contributed by atoms with Crippen LogP contribution < -0.4 is 25.6 Å². The molecule has 3 N–H and O–H groups in total. The first-order valence-corrected chi connectivity index (χ1v) is 19.0. The quantitative estimate of drug-likeness (QED) is 0.152. The highest BCUT2D eigenvalue weighted by atomic mass is 16.5. The number of anilines is 7. The first kappa shape index (κ1) is 39.5. The molecule has 5 nitrogen and oxygen atoms in total. The van der Waals surface area contributed by atoms with E-state index in [2.05, 4.69) is 158 Å². The lowest BCUT2D eigenvalue weighted by Gasteiger charge is -2.42. The molecular weight excluding hydrogens is 697 g/mol. The van der Waals surface area contributed by atoms with Gasteiger partial charge in [0, 0.05) is 28.7 Å². The number of hydrogen-bond donors (Lipinski definition) is 2. The summed E-state index contributed by atoms with van der Waals surface area (Å²) < 4.78 is 6.16. The summed E-state index contributed by atoms with van der Waals surface area (Å²) in [6.45, 7) is 17.0. The van der Waals surface area contributed by atoms with Gasteiger partial charge < -0.3 is 25.6 Å². The number of nitrogens with one attached hydrogen (secondary N) is 1. The molecule has 0 atom stereocenters. The van der Waals surface area contributed by atoms with E-state index in [1.165, 1.54) is 22.5 Å². The van der Waals surface area contributed by atoms with Gasteiger partial charge in [0.25, 0.3) is 0 Å². The van der Waals surface area contributed by atoms with Crippen molar-refractivity contribution in [1.29, 1.82) is 0 Å². The molecule has 2 heterocycles. The maximum atomic E-state index is 6.56. The second kappa shape index (κ2) is 18.4. The largest absolute Gasteiger partial charge is 0.453 e. The van der Waals surface area contributed by atoms with Crippen LogP contribution in [0.1, 0.15) is 37.5 Å². The third kappa shape index (κ3) is 8.69. The molecule has 0 aliphatic carbocycles. The van der Waals surface area contributed by atoms with E-state index < -0.39 is 0 Å². The average Bonchev–Trinajstić information content (AvgIpc) is 3.25. The van der Waals surface area contributed by atoms with Crippen molar-refractivity contribution in [2.24, 2.45) is 5.73 Å². The van der Waals surface area contributed by atoms with E-state index >= 15 is 0 Å². The molecule has 2 aliphatic rings. The molecule has 6 aromatic carbocycles. The molecule has 0 amide bonds. The summed E-state index contributed by atoms with van der Waals surface area (Å²) in [6, 6.07) is 50.4. The molecule has 8 rings (SSSR count). The van der Waals surface area contributed by atoms with E-state index in [9.17, 15) is 0 Å². The lowest BCUT2D eigenvalue weighted by Crippen LogP contribution is -2.30. The molecule has 0 bridgehead atoms. The van der Waals surface area contributed by atoms with Crippen LogP contribution in [-0.4, -0.2) is 0 Å². The molecule has 0 radical (unpaired) electrons. The molecule has 5 heteroatoms. The summed E-state index contributed by atoms with van der Waals surface area (Å²) in [6.07, 6.45) is 14.5. The smallest absolute Gasteiger partial charge is 0.151 e. The Hall–Kier alpha value is -7.24. The van der Waals surface area contributed by atoms with Gasteiger partial charge in [-0.1, -0.05) is 149 Å². The third-order valence-corrected chi connectivity index (χ3v) is 9.76. The summed E-state index contributed by atoms with van der Waals surface area (Å²) in [7, 11) is 0. The second-order valence-corrected chi connectivity index (χ2v) is 13.8. The standard InChI is InChI=1S/C41H34N4O.C6H8.C5H8/c1-41(2)32-11-3-5-13-35(32)44(36-14-6-4-12-33(36)41)31-25-21-29(22-26-31)43-27-34(42)28-19-23-30(24-20-28)45-37-15-7-9-17-39(37)46-40-18-10-8-16-38(40)45;1-3-5-6-4-2;1-3-5-4-2/h3-27,43H,42H2,1-2H3;3-6H,1-2H2;3-5H,1H2,2H3/b34-27-;6-5-;5-4-. The highest BCUT2D eigenvalue weighted by Crippen LogP contribution is 2.52. The number of allylic oxidation sites excluding steroid dienone is 7. The lowest BCUT2D eigenvalue weighted by atomic mass is 9.73. The number of benzene rings is 6. The molecular formula is C52H50N4O. The molecule has 284 valence electrons. The van der Waals surface area contributed by atoms with Gasteiger partial charge in [-0.15, -0.1) is 0 Å². The van der Waals surface area contributed by atoms with Crippen molar-refractivity contribution in [3.05, 3.63) is 231 Å². The molecule has 6 aromatic rings. The fourth-order valence-electron chi connectivity index (χ4n) is 6.98. The summed E-state index contributed by atoms with van der Waals surface area (Å²) in [5, 5.41) is 3.40. The number of fused-ring (bicyclic) bond motifs is 4. The molecule has 0 saturated carbocycles. The van der Waals surface area contributed by atoms with E-state index in [1.807, 2.05) is 73.8 Å². The van der Waals surface area contributed by atoms with Crippen molar-refractivity contribution in [3.8, 4) is 11.5 Å². The van der Waals surface area contributed by atoms with Gasteiger partial charge in [-0.05, 0) is 96.4 Å². The van der Waals surface area contributed by atoms with Gasteiger partial charge in [-0.2, -0.15) is 0 Å². The van der Waals surface area contributed by atoms with E-state index in [0.29, 0.717) is 5.70 Å². The number of nitrogens with zero attached hydrogens (tertiary/aromatic N) is 2. The number of rotatable bonds is 8. The second-order valence-electron chi connectivity index (χ2n) is 13.8. The van der Waals surface area contributed by atoms with Crippen LogP contribution in [0.25, 0.3) is 5.70 Å². The minimum atomic E-state index is -0.0805. The zero-order chi connectivity index (χ0) is 40.2. The van der Waals surface area contributed by atoms with Gasteiger partial charge in [0.15, 0.2) is 11.5 Å². The van der Waals surface area contributed by atoms with E-state index in [1.54, 1.807) is 18.2 Å². The zero-order valence-electron chi connectivity index (χ0n) is 33.0. The van der Waals surface area contributed by atoms with Crippen molar-refractivity contribution in [3.63, 3.8) is 0 Å². The fraction of sp³-hybridized carbons (Fsp3) is 0.0769. The first-order valence-electron chi connectivity index (χ1n) is 19.0. The Morgan fingerprint density at radius 2 is 0.982 bits per heavy atom.